The smallest absolute Gasteiger partial charge is 0.270 e. The molecule has 1 aliphatic rings. The number of H-pyrrole nitrogens is 1. The van der Waals surface area contributed by atoms with Crippen molar-refractivity contribution in [3.63, 3.8) is 0 Å². The number of carbonyl (C=O) groups is 2. The lowest BCUT2D eigenvalue weighted by Crippen LogP contribution is -2.37. The first-order valence-corrected chi connectivity index (χ1v) is 12.6. The van der Waals surface area contributed by atoms with Crippen LogP contribution in [0.5, 0.6) is 0 Å². The number of rotatable bonds is 9. The van der Waals surface area contributed by atoms with E-state index >= 15 is 0 Å². The van der Waals surface area contributed by atoms with Crippen molar-refractivity contribution in [3.8, 4) is 11.3 Å². The number of nitrogens with zero attached hydrogens (tertiary/aromatic N) is 1. The number of unbranched alkanes of at least 4 members (excludes halogenated alkanes) is 3. The number of hydrogen-bond acceptors (Lipinski definition) is 4. The fourth-order valence-electron chi connectivity index (χ4n) is 4.81. The first-order chi connectivity index (χ1) is 17.6. The van der Waals surface area contributed by atoms with Crippen LogP contribution in [-0.2, 0) is 13.0 Å². The van der Waals surface area contributed by atoms with Crippen LogP contribution in [-0.4, -0.2) is 46.5 Å². The van der Waals surface area contributed by atoms with Gasteiger partial charge in [-0.15, -0.1) is 0 Å². The van der Waals surface area contributed by atoms with Gasteiger partial charge in [0.25, 0.3) is 11.8 Å². The Hall–Kier alpha value is -3.84. The Bertz CT molecular complexity index is 1320. The van der Waals surface area contributed by atoms with E-state index in [0.717, 1.165) is 53.7 Å². The number of benzene rings is 2. The maximum Gasteiger partial charge on any atom is 0.270 e. The van der Waals surface area contributed by atoms with Gasteiger partial charge in [0.2, 0.25) is 0 Å². The molecule has 0 unspecified atom stereocenters. The molecule has 3 heterocycles. The number of nitrogens with one attached hydrogen (secondary N) is 2. The molecule has 0 bridgehead atoms. The van der Waals surface area contributed by atoms with Crippen molar-refractivity contribution in [1.29, 1.82) is 0 Å². The Morgan fingerprint density at radius 2 is 1.83 bits per heavy atom. The van der Waals surface area contributed by atoms with Gasteiger partial charge in [-0.3, -0.25) is 9.59 Å². The monoisotopic (exact) mass is 485 g/mol. The van der Waals surface area contributed by atoms with Crippen LogP contribution in [0, 0.1) is 0 Å². The van der Waals surface area contributed by atoms with Crippen LogP contribution in [0.25, 0.3) is 22.4 Å². The normalized spacial score (nSPS) is 13.1. The maximum absolute atomic E-state index is 13.3. The van der Waals surface area contributed by atoms with E-state index in [4.69, 9.17) is 9.52 Å². The summed E-state index contributed by atoms with van der Waals surface area (Å²) in [5.74, 6) is 0.549. The van der Waals surface area contributed by atoms with Gasteiger partial charge in [-0.25, -0.2) is 0 Å². The average molecular weight is 486 g/mol. The highest BCUT2D eigenvalue weighted by molar-refractivity contribution is 5.99. The fraction of sp³-hybridized carbons (Fsp3) is 0.310. The minimum atomic E-state index is -0.104. The van der Waals surface area contributed by atoms with Gasteiger partial charge in [-0.1, -0.05) is 55.3 Å². The Balaban J connectivity index is 1.27. The number of furan rings is 1. The lowest BCUT2D eigenvalue weighted by Gasteiger charge is -2.30. The molecule has 2 amide bonds. The summed E-state index contributed by atoms with van der Waals surface area (Å²) >= 11 is 0. The summed E-state index contributed by atoms with van der Waals surface area (Å²) in [7, 11) is 0. The van der Waals surface area contributed by atoms with Crippen LogP contribution < -0.4 is 5.32 Å². The number of aliphatic hydroxyl groups excluding tert-OH is 1. The summed E-state index contributed by atoms with van der Waals surface area (Å²) < 4.78 is 5.98. The summed E-state index contributed by atoms with van der Waals surface area (Å²) in [6.45, 7) is 1.80. The second-order valence-electron chi connectivity index (χ2n) is 9.25. The number of amides is 2. The lowest BCUT2D eigenvalue weighted by molar-refractivity contribution is 0.0726. The van der Waals surface area contributed by atoms with E-state index in [1.165, 1.54) is 0 Å². The van der Waals surface area contributed by atoms with Crippen molar-refractivity contribution in [2.45, 2.75) is 38.6 Å². The molecule has 7 heteroatoms. The van der Waals surface area contributed by atoms with Crippen LogP contribution in [0.4, 0.5) is 0 Å². The summed E-state index contributed by atoms with van der Waals surface area (Å²) in [6, 6.07) is 19.3. The molecule has 186 valence electrons. The van der Waals surface area contributed by atoms with Gasteiger partial charge in [0.05, 0.1) is 5.52 Å². The average Bonchev–Trinajstić information content (AvgIpc) is 3.50. The van der Waals surface area contributed by atoms with Gasteiger partial charge >= 0.3 is 0 Å². The van der Waals surface area contributed by atoms with Crippen molar-refractivity contribution in [3.05, 3.63) is 83.0 Å². The minimum Gasteiger partial charge on any atom is -0.454 e. The summed E-state index contributed by atoms with van der Waals surface area (Å²) in [5, 5.41) is 11.9. The number of fused-ring (bicyclic) bond motifs is 2. The Kier molecular flexibility index (Phi) is 7.18. The molecule has 0 saturated carbocycles. The van der Waals surface area contributed by atoms with Gasteiger partial charge in [-0.2, -0.15) is 0 Å². The highest BCUT2D eigenvalue weighted by Gasteiger charge is 2.26. The Morgan fingerprint density at radius 1 is 1.00 bits per heavy atom. The first-order valence-electron chi connectivity index (χ1n) is 12.6. The highest BCUT2D eigenvalue weighted by Crippen LogP contribution is 2.29. The molecular formula is C29H31N3O4. The zero-order valence-corrected chi connectivity index (χ0v) is 20.3. The zero-order valence-electron chi connectivity index (χ0n) is 20.3. The van der Waals surface area contributed by atoms with Crippen LogP contribution in [0.1, 0.15) is 57.7 Å². The Morgan fingerprint density at radius 3 is 2.64 bits per heavy atom. The molecule has 3 N–H and O–H groups in total. The second kappa shape index (κ2) is 10.8. The number of carbonyl (C=O) groups excluding carboxylic acids is 2. The molecule has 2 aromatic heterocycles. The Labute approximate surface area is 210 Å². The van der Waals surface area contributed by atoms with Crippen LogP contribution >= 0.6 is 0 Å². The molecule has 7 nitrogen and oxygen atoms in total. The molecule has 0 saturated heterocycles. The molecule has 36 heavy (non-hydrogen) atoms. The molecule has 0 aliphatic carbocycles. The van der Waals surface area contributed by atoms with Crippen LogP contribution in [0.2, 0.25) is 0 Å². The van der Waals surface area contributed by atoms with E-state index in [1.54, 1.807) is 11.0 Å². The van der Waals surface area contributed by atoms with E-state index in [9.17, 15) is 9.59 Å². The molecule has 0 spiro atoms. The number of hydrogen-bond donors (Lipinski definition) is 3. The number of aromatic nitrogens is 1. The molecule has 0 fully saturated rings. The van der Waals surface area contributed by atoms with Gasteiger partial charge in [0.1, 0.15) is 11.5 Å². The SMILES string of the molecule is O=C(NCCCCCCO)c1cccc2c1CN(C(=O)c1cc3oc(-c4ccccc4)cc3[nH]1)CC2. The largest absolute Gasteiger partial charge is 0.454 e. The third-order valence-corrected chi connectivity index (χ3v) is 6.77. The van der Waals surface area contributed by atoms with Gasteiger partial charge in [0.15, 0.2) is 5.58 Å². The standard InChI is InChI=1S/C29H31N3O4/c33-16-7-2-1-6-14-30-28(34)22-12-8-11-20-13-15-32(19-23(20)22)29(35)25-18-27-24(31-25)17-26(36-27)21-9-4-3-5-10-21/h3-5,8-12,17-18,31,33H,1-2,6-7,13-16,19H2,(H,30,34). The van der Waals surface area contributed by atoms with Gasteiger partial charge < -0.3 is 24.7 Å². The molecule has 0 atom stereocenters. The molecule has 0 radical (unpaired) electrons. The summed E-state index contributed by atoms with van der Waals surface area (Å²) in [4.78, 5) is 31.3. The van der Waals surface area contributed by atoms with Crippen molar-refractivity contribution in [1.82, 2.24) is 15.2 Å². The number of aliphatic hydroxyl groups is 1. The maximum atomic E-state index is 13.3. The lowest BCUT2D eigenvalue weighted by atomic mass is 9.94. The van der Waals surface area contributed by atoms with E-state index < -0.39 is 0 Å². The van der Waals surface area contributed by atoms with Crippen molar-refractivity contribution in [2.75, 3.05) is 19.7 Å². The summed E-state index contributed by atoms with van der Waals surface area (Å²) in [6.07, 6.45) is 4.32. The zero-order chi connectivity index (χ0) is 24.9. The third kappa shape index (κ3) is 5.06. The predicted octanol–water partition coefficient (Wildman–Crippen LogP) is 4.91. The first kappa shape index (κ1) is 23.9. The van der Waals surface area contributed by atoms with Crippen LogP contribution in [0.3, 0.4) is 0 Å². The van der Waals surface area contributed by atoms with E-state index in [-0.39, 0.29) is 18.4 Å². The van der Waals surface area contributed by atoms with Crippen molar-refractivity contribution >= 4 is 22.9 Å². The van der Waals surface area contributed by atoms with Gasteiger partial charge in [-0.05, 0) is 36.5 Å². The predicted molar refractivity (Wildman–Crippen MR) is 139 cm³/mol. The number of aromatic amines is 1. The van der Waals surface area contributed by atoms with E-state index in [2.05, 4.69) is 10.3 Å². The van der Waals surface area contributed by atoms with Crippen molar-refractivity contribution < 1.29 is 19.1 Å². The molecule has 4 aromatic rings. The molecule has 5 rings (SSSR count). The quantitative estimate of drug-likeness (QED) is 0.293. The van der Waals surface area contributed by atoms with Crippen molar-refractivity contribution in [2.24, 2.45) is 0 Å². The van der Waals surface area contributed by atoms with Crippen LogP contribution in [0.15, 0.2) is 65.1 Å². The highest BCUT2D eigenvalue weighted by atomic mass is 16.3. The molecular weight excluding hydrogens is 454 g/mol. The second-order valence-corrected chi connectivity index (χ2v) is 9.25. The molecule has 2 aromatic carbocycles. The fourth-order valence-corrected chi connectivity index (χ4v) is 4.81. The minimum absolute atomic E-state index is 0.103. The molecule has 1 aliphatic heterocycles. The van der Waals surface area contributed by atoms with Gasteiger partial charge in [0, 0.05) is 49.5 Å². The van der Waals surface area contributed by atoms with E-state index in [1.807, 2.05) is 54.6 Å². The summed E-state index contributed by atoms with van der Waals surface area (Å²) in [5.41, 5.74) is 5.56. The topological polar surface area (TPSA) is 98.6 Å². The van der Waals surface area contributed by atoms with E-state index in [0.29, 0.717) is 42.9 Å². The third-order valence-electron chi connectivity index (χ3n) is 6.77.